The summed E-state index contributed by atoms with van der Waals surface area (Å²) in [7, 11) is -2.01. The molecule has 0 aliphatic carbocycles. The number of aliphatic hydroxyl groups excluding tert-OH is 1. The van der Waals surface area contributed by atoms with Gasteiger partial charge in [-0.05, 0) is 17.7 Å². The van der Waals surface area contributed by atoms with E-state index in [1.165, 1.54) is 9.34 Å². The lowest BCUT2D eigenvalue weighted by Crippen LogP contribution is -2.42. The molecular weight excluding hydrogens is 347 g/mol. The van der Waals surface area contributed by atoms with Gasteiger partial charge in [0.25, 0.3) is 13.4 Å². The van der Waals surface area contributed by atoms with Crippen LogP contribution in [0.5, 0.6) is 0 Å². The van der Waals surface area contributed by atoms with Gasteiger partial charge in [-0.2, -0.15) is 0 Å². The lowest BCUT2D eigenvalue weighted by atomic mass is 10.1. The van der Waals surface area contributed by atoms with Gasteiger partial charge in [-0.3, -0.25) is 14.0 Å². The van der Waals surface area contributed by atoms with Crippen molar-refractivity contribution in [2.45, 2.75) is 5.85 Å². The van der Waals surface area contributed by atoms with E-state index in [2.05, 4.69) is 0 Å². The third kappa shape index (κ3) is 2.53. The summed E-state index contributed by atoms with van der Waals surface area (Å²) in [6.45, 7) is 0.0975. The van der Waals surface area contributed by atoms with E-state index in [1.54, 1.807) is 55.6 Å². The number of amides is 1. The van der Waals surface area contributed by atoms with Crippen LogP contribution >= 0.6 is 19.0 Å². The van der Waals surface area contributed by atoms with Gasteiger partial charge in [-0.25, -0.2) is 0 Å². The van der Waals surface area contributed by atoms with Gasteiger partial charge >= 0.3 is 0 Å². The highest BCUT2D eigenvalue weighted by molar-refractivity contribution is 7.64. The maximum absolute atomic E-state index is 13.9. The van der Waals surface area contributed by atoms with E-state index < -0.39 is 13.3 Å². The molecule has 7 heteroatoms. The smallest absolute Gasteiger partial charge is 0.297 e. The standard InChI is InChI=1S/C17H18ClN2O3P/c1-19-15-10-6-5-9-14(15)16(21)20(12-11-18)24(19,23)17(22)13-7-3-2-4-8-13/h2-10,17,22H,11-12H2,1H3. The first-order chi connectivity index (χ1) is 11.5. The molecule has 3 rings (SSSR count). The maximum atomic E-state index is 13.9. The zero-order valence-corrected chi connectivity index (χ0v) is 14.8. The number of nitrogens with zero attached hydrogens (tertiary/aromatic N) is 2. The number of aliphatic hydroxyl groups is 1. The highest BCUT2D eigenvalue weighted by atomic mass is 35.5. The second-order valence-electron chi connectivity index (χ2n) is 5.53. The molecule has 1 heterocycles. The predicted octanol–water partition coefficient (Wildman–Crippen LogP) is 3.70. The van der Waals surface area contributed by atoms with Crippen LogP contribution in [0.4, 0.5) is 5.69 Å². The Bertz CT molecular complexity index is 799. The molecular formula is C17H18ClN2O3P. The van der Waals surface area contributed by atoms with E-state index in [0.29, 0.717) is 16.8 Å². The summed E-state index contributed by atoms with van der Waals surface area (Å²) in [5, 5.41) is 10.9. The van der Waals surface area contributed by atoms with Crippen molar-refractivity contribution in [3.05, 3.63) is 65.7 Å². The monoisotopic (exact) mass is 364 g/mol. The molecule has 0 spiro atoms. The van der Waals surface area contributed by atoms with E-state index in [1.807, 2.05) is 6.07 Å². The van der Waals surface area contributed by atoms with Crippen molar-refractivity contribution in [2.75, 3.05) is 24.1 Å². The number of rotatable bonds is 4. The summed E-state index contributed by atoms with van der Waals surface area (Å²) in [6.07, 6.45) is 0. The number of hydrogen-bond donors (Lipinski definition) is 1. The van der Waals surface area contributed by atoms with Crippen molar-refractivity contribution in [3.63, 3.8) is 0 Å². The largest absolute Gasteiger partial charge is 0.377 e. The first-order valence-corrected chi connectivity index (χ1v) is 9.77. The molecule has 126 valence electrons. The second-order valence-corrected chi connectivity index (χ2v) is 8.66. The van der Waals surface area contributed by atoms with Crippen LogP contribution in [-0.4, -0.2) is 35.2 Å². The van der Waals surface area contributed by atoms with Crippen LogP contribution in [0.15, 0.2) is 54.6 Å². The summed E-state index contributed by atoms with van der Waals surface area (Å²) < 4.78 is 16.6. The topological polar surface area (TPSA) is 60.9 Å². The van der Waals surface area contributed by atoms with Gasteiger partial charge in [-0.15, -0.1) is 11.6 Å². The minimum absolute atomic E-state index is 0.0975. The summed E-state index contributed by atoms with van der Waals surface area (Å²) >= 11 is 5.84. The van der Waals surface area contributed by atoms with E-state index in [9.17, 15) is 14.5 Å². The Hall–Kier alpha value is -1.81. The number of para-hydroxylation sites is 1. The number of halogens is 1. The highest BCUT2D eigenvalue weighted by Gasteiger charge is 2.49. The molecule has 2 atom stereocenters. The molecule has 1 N–H and O–H groups in total. The van der Waals surface area contributed by atoms with Gasteiger partial charge < -0.3 is 9.78 Å². The lowest BCUT2D eigenvalue weighted by molar-refractivity contribution is 0.0848. The molecule has 1 amide bonds. The molecule has 1 aliphatic rings. The minimum atomic E-state index is -3.64. The Labute approximate surface area is 145 Å². The molecule has 1 aliphatic heterocycles. The average molecular weight is 365 g/mol. The Morgan fingerprint density at radius 3 is 2.42 bits per heavy atom. The number of carbonyl (C=O) groups is 1. The molecule has 2 aromatic carbocycles. The van der Waals surface area contributed by atoms with Crippen molar-refractivity contribution < 1.29 is 14.5 Å². The molecule has 0 bridgehead atoms. The van der Waals surface area contributed by atoms with Crippen molar-refractivity contribution in [2.24, 2.45) is 0 Å². The van der Waals surface area contributed by atoms with E-state index in [4.69, 9.17) is 11.6 Å². The molecule has 5 nitrogen and oxygen atoms in total. The summed E-state index contributed by atoms with van der Waals surface area (Å²) in [5.41, 5.74) is 1.50. The molecule has 0 aromatic heterocycles. The van der Waals surface area contributed by atoms with Crippen molar-refractivity contribution in [1.82, 2.24) is 4.67 Å². The van der Waals surface area contributed by atoms with Crippen LogP contribution < -0.4 is 4.67 Å². The fourth-order valence-corrected chi connectivity index (χ4v) is 5.96. The molecule has 2 unspecified atom stereocenters. The number of alkyl halides is 1. The molecule has 0 fully saturated rings. The maximum Gasteiger partial charge on any atom is 0.297 e. The van der Waals surface area contributed by atoms with Crippen LogP contribution in [-0.2, 0) is 4.57 Å². The quantitative estimate of drug-likeness (QED) is 0.663. The normalized spacial score (nSPS) is 21.5. The zero-order chi connectivity index (χ0) is 17.3. The SMILES string of the molecule is CN1c2ccccc2C(=O)N(CCCl)P1(=O)C(O)c1ccccc1. The van der Waals surface area contributed by atoms with Crippen molar-refractivity contribution in [3.8, 4) is 0 Å². The molecule has 0 radical (unpaired) electrons. The number of fused-ring (bicyclic) bond motifs is 1. The summed E-state index contributed by atoms with van der Waals surface area (Å²) in [4.78, 5) is 12.9. The van der Waals surface area contributed by atoms with Gasteiger partial charge in [0.05, 0.1) is 11.3 Å². The highest BCUT2D eigenvalue weighted by Crippen LogP contribution is 2.66. The zero-order valence-electron chi connectivity index (χ0n) is 13.2. The lowest BCUT2D eigenvalue weighted by Gasteiger charge is -2.45. The number of benzene rings is 2. The van der Waals surface area contributed by atoms with Crippen molar-refractivity contribution >= 4 is 30.6 Å². The summed E-state index contributed by atoms with van der Waals surface area (Å²) in [6, 6.07) is 15.7. The van der Waals surface area contributed by atoms with Crippen LogP contribution in [0.3, 0.4) is 0 Å². The Morgan fingerprint density at radius 1 is 1.12 bits per heavy atom. The number of carbonyl (C=O) groups excluding carboxylic acids is 1. The van der Waals surface area contributed by atoms with Crippen LogP contribution in [0.1, 0.15) is 21.8 Å². The fraction of sp³-hybridized carbons (Fsp3) is 0.235. The predicted molar refractivity (Wildman–Crippen MR) is 95.6 cm³/mol. The average Bonchev–Trinajstić information content (AvgIpc) is 2.63. The molecule has 0 saturated carbocycles. The second kappa shape index (κ2) is 6.60. The first kappa shape index (κ1) is 17.0. The van der Waals surface area contributed by atoms with Gasteiger partial charge in [0, 0.05) is 19.5 Å². The van der Waals surface area contributed by atoms with Gasteiger partial charge in [0.2, 0.25) is 0 Å². The van der Waals surface area contributed by atoms with Gasteiger partial charge in [0.15, 0.2) is 5.85 Å². The van der Waals surface area contributed by atoms with Crippen LogP contribution in [0, 0.1) is 0 Å². The number of anilines is 1. The van der Waals surface area contributed by atoms with Gasteiger partial charge in [0.1, 0.15) is 0 Å². The third-order valence-corrected chi connectivity index (χ3v) is 7.46. The van der Waals surface area contributed by atoms with E-state index in [-0.39, 0.29) is 18.3 Å². The Morgan fingerprint density at radius 2 is 1.75 bits per heavy atom. The number of hydrogen-bond acceptors (Lipinski definition) is 3. The molecule has 24 heavy (non-hydrogen) atoms. The molecule has 2 aromatic rings. The fourth-order valence-electron chi connectivity index (χ4n) is 2.96. The molecule has 0 saturated heterocycles. The first-order valence-electron chi connectivity index (χ1n) is 7.56. The van der Waals surface area contributed by atoms with Gasteiger partial charge in [-0.1, -0.05) is 42.5 Å². The minimum Gasteiger partial charge on any atom is -0.377 e. The van der Waals surface area contributed by atoms with Crippen molar-refractivity contribution in [1.29, 1.82) is 0 Å². The van der Waals surface area contributed by atoms with E-state index >= 15 is 0 Å². The third-order valence-electron chi connectivity index (χ3n) is 4.21. The van der Waals surface area contributed by atoms with Crippen LogP contribution in [0.2, 0.25) is 0 Å². The van der Waals surface area contributed by atoms with E-state index in [0.717, 1.165) is 0 Å². The summed E-state index contributed by atoms with van der Waals surface area (Å²) in [5.74, 6) is -1.56. The van der Waals surface area contributed by atoms with Crippen LogP contribution in [0.25, 0.3) is 0 Å². The Balaban J connectivity index is 2.16. The Kier molecular flexibility index (Phi) is 4.68.